The number of nitrogens with one attached hydrogen (secondary N) is 1. The number of hydrogen-bond acceptors (Lipinski definition) is 4. The van der Waals surface area contributed by atoms with Crippen molar-refractivity contribution in [1.29, 1.82) is 0 Å². The molecule has 0 bridgehead atoms. The van der Waals surface area contributed by atoms with Gasteiger partial charge in [0.1, 0.15) is 0 Å². The Labute approximate surface area is 81.2 Å². The van der Waals surface area contributed by atoms with Crippen molar-refractivity contribution < 1.29 is 15.1 Å². The Kier molecular flexibility index (Phi) is 17.1. The van der Waals surface area contributed by atoms with Crippen LogP contribution in [0.4, 0.5) is 0 Å². The van der Waals surface area contributed by atoms with E-state index >= 15 is 0 Å². The minimum atomic E-state index is -2.17. The largest absolute Gasteiger partial charge is 0.631 e. The summed E-state index contributed by atoms with van der Waals surface area (Å²) in [5, 5.41) is 24.9. The van der Waals surface area contributed by atoms with Gasteiger partial charge < -0.3 is 20.4 Å². The van der Waals surface area contributed by atoms with Crippen LogP contribution in [0.5, 0.6) is 0 Å². The van der Waals surface area contributed by atoms with Gasteiger partial charge >= 0.3 is 7.32 Å². The van der Waals surface area contributed by atoms with Crippen LogP contribution in [0.3, 0.4) is 0 Å². The van der Waals surface area contributed by atoms with Gasteiger partial charge in [0.25, 0.3) is 0 Å². The highest BCUT2D eigenvalue weighted by Crippen LogP contribution is 1.85. The van der Waals surface area contributed by atoms with Crippen LogP contribution < -0.4 is 5.32 Å². The van der Waals surface area contributed by atoms with Crippen molar-refractivity contribution in [3.63, 3.8) is 0 Å². The molecule has 0 aliphatic heterocycles. The van der Waals surface area contributed by atoms with Crippen LogP contribution in [0.2, 0.25) is 0 Å². The molecule has 0 amide bonds. The van der Waals surface area contributed by atoms with Crippen molar-refractivity contribution in [3.8, 4) is 0 Å². The third-order valence-corrected chi connectivity index (χ3v) is 1.41. The number of rotatable bonds is 6. The summed E-state index contributed by atoms with van der Waals surface area (Å²) in [6.07, 6.45) is 5.26. The van der Waals surface area contributed by atoms with Crippen LogP contribution in [-0.4, -0.2) is 35.5 Å². The molecule has 13 heavy (non-hydrogen) atoms. The fourth-order valence-electron chi connectivity index (χ4n) is 0.729. The van der Waals surface area contributed by atoms with Gasteiger partial charge in [-0.3, -0.25) is 0 Å². The molecule has 4 nitrogen and oxygen atoms in total. The van der Waals surface area contributed by atoms with E-state index in [0.717, 1.165) is 0 Å². The lowest BCUT2D eigenvalue weighted by Gasteiger charge is -1.99. The Balaban J connectivity index is 0. The molecular formula is C8H22BNO3. The van der Waals surface area contributed by atoms with E-state index in [0.29, 0.717) is 0 Å². The van der Waals surface area contributed by atoms with E-state index in [9.17, 15) is 0 Å². The zero-order valence-electron chi connectivity index (χ0n) is 8.66. The van der Waals surface area contributed by atoms with Gasteiger partial charge in [0.15, 0.2) is 0 Å². The standard InChI is InChI=1S/C8H19N.BH3O3/c1-3-5-7-9-8-6-4-2;2-1(3)4/h9H,3-8H2,1-2H3;2-4H. The molecule has 5 heteroatoms. The van der Waals surface area contributed by atoms with Gasteiger partial charge in [-0.05, 0) is 25.9 Å². The molecule has 0 atom stereocenters. The third kappa shape index (κ3) is 33.5. The fraction of sp³-hybridized carbons (Fsp3) is 1.00. The minimum absolute atomic E-state index is 1.20. The van der Waals surface area contributed by atoms with Crippen molar-refractivity contribution in [2.45, 2.75) is 39.5 Å². The maximum atomic E-state index is 7.17. The van der Waals surface area contributed by atoms with Crippen molar-refractivity contribution in [2.24, 2.45) is 0 Å². The molecule has 0 spiro atoms. The highest BCUT2D eigenvalue weighted by Gasteiger charge is 1.92. The summed E-state index contributed by atoms with van der Waals surface area (Å²) >= 11 is 0. The predicted molar refractivity (Wildman–Crippen MR) is 55.1 cm³/mol. The lowest BCUT2D eigenvalue weighted by molar-refractivity contribution is 0.278. The molecule has 4 N–H and O–H groups in total. The van der Waals surface area contributed by atoms with Gasteiger partial charge in [-0.25, -0.2) is 0 Å². The van der Waals surface area contributed by atoms with Crippen LogP contribution in [-0.2, 0) is 0 Å². The maximum Gasteiger partial charge on any atom is 0.631 e. The number of unbranched alkanes of at least 4 members (excludes halogenated alkanes) is 2. The normalized spacial score (nSPS) is 9.00. The zero-order chi connectivity index (χ0) is 10.5. The lowest BCUT2D eigenvalue weighted by atomic mass is 10.3. The summed E-state index contributed by atoms with van der Waals surface area (Å²) in [5.74, 6) is 0. The van der Waals surface area contributed by atoms with E-state index in [-0.39, 0.29) is 0 Å². The second-order valence-electron chi connectivity index (χ2n) is 2.80. The minimum Gasteiger partial charge on any atom is -0.402 e. The first kappa shape index (κ1) is 15.4. The maximum absolute atomic E-state index is 7.17. The quantitative estimate of drug-likeness (QED) is 0.355. The summed E-state index contributed by atoms with van der Waals surface area (Å²) in [7, 11) is -2.17. The SMILES string of the molecule is CCCCNCCCC.OB(O)O. The lowest BCUT2D eigenvalue weighted by Crippen LogP contribution is -2.15. The molecule has 0 saturated heterocycles. The molecule has 0 unspecified atom stereocenters. The molecule has 0 aromatic rings. The van der Waals surface area contributed by atoms with E-state index in [4.69, 9.17) is 15.1 Å². The number of hydrogen-bond donors (Lipinski definition) is 4. The van der Waals surface area contributed by atoms with Gasteiger partial charge in [0.2, 0.25) is 0 Å². The van der Waals surface area contributed by atoms with Crippen molar-refractivity contribution in [2.75, 3.05) is 13.1 Å². The smallest absolute Gasteiger partial charge is 0.402 e. The average molecular weight is 191 g/mol. The van der Waals surface area contributed by atoms with Gasteiger partial charge in [0.05, 0.1) is 0 Å². The molecule has 0 rings (SSSR count). The van der Waals surface area contributed by atoms with E-state index in [1.54, 1.807) is 0 Å². The molecule has 0 radical (unpaired) electrons. The summed E-state index contributed by atoms with van der Waals surface area (Å²) in [6, 6.07) is 0. The van der Waals surface area contributed by atoms with Crippen LogP contribution in [0.1, 0.15) is 39.5 Å². The summed E-state index contributed by atoms with van der Waals surface area (Å²) in [4.78, 5) is 0. The summed E-state index contributed by atoms with van der Waals surface area (Å²) in [6.45, 7) is 6.86. The first-order valence-electron chi connectivity index (χ1n) is 4.90. The van der Waals surface area contributed by atoms with Crippen molar-refractivity contribution in [1.82, 2.24) is 5.32 Å². The Bertz CT molecular complexity index is 75.0. The van der Waals surface area contributed by atoms with Gasteiger partial charge in [-0.15, -0.1) is 0 Å². The third-order valence-electron chi connectivity index (χ3n) is 1.41. The van der Waals surface area contributed by atoms with Gasteiger partial charge in [-0.2, -0.15) is 0 Å². The van der Waals surface area contributed by atoms with Crippen LogP contribution in [0.15, 0.2) is 0 Å². The molecular weight excluding hydrogens is 169 g/mol. The molecule has 0 aliphatic rings. The summed E-state index contributed by atoms with van der Waals surface area (Å²) in [5.41, 5.74) is 0. The Hall–Kier alpha value is -0.0951. The zero-order valence-corrected chi connectivity index (χ0v) is 8.66. The highest BCUT2D eigenvalue weighted by molar-refractivity contribution is 6.30. The van der Waals surface area contributed by atoms with Crippen LogP contribution >= 0.6 is 0 Å². The molecule has 0 fully saturated rings. The summed E-state index contributed by atoms with van der Waals surface area (Å²) < 4.78 is 0. The molecule has 0 aromatic heterocycles. The van der Waals surface area contributed by atoms with E-state index in [1.165, 1.54) is 38.8 Å². The van der Waals surface area contributed by atoms with Gasteiger partial charge in [0, 0.05) is 0 Å². The van der Waals surface area contributed by atoms with Gasteiger partial charge in [-0.1, -0.05) is 26.7 Å². The van der Waals surface area contributed by atoms with Crippen molar-refractivity contribution in [3.05, 3.63) is 0 Å². The Morgan fingerprint density at radius 1 is 0.923 bits per heavy atom. The Morgan fingerprint density at radius 3 is 1.46 bits per heavy atom. The second kappa shape index (κ2) is 14.4. The van der Waals surface area contributed by atoms with Crippen LogP contribution in [0.25, 0.3) is 0 Å². The molecule has 0 aromatic carbocycles. The molecule has 0 saturated carbocycles. The van der Waals surface area contributed by atoms with E-state index in [1.807, 2.05) is 0 Å². The van der Waals surface area contributed by atoms with Crippen molar-refractivity contribution >= 4 is 7.32 Å². The second-order valence-corrected chi connectivity index (χ2v) is 2.80. The molecule has 0 aliphatic carbocycles. The molecule has 0 heterocycles. The molecule has 80 valence electrons. The predicted octanol–water partition coefficient (Wildman–Crippen LogP) is 0.124. The first-order chi connectivity index (χ1) is 6.15. The van der Waals surface area contributed by atoms with E-state index < -0.39 is 7.32 Å². The highest BCUT2D eigenvalue weighted by atomic mass is 16.5. The van der Waals surface area contributed by atoms with E-state index in [2.05, 4.69) is 19.2 Å². The average Bonchev–Trinajstić information content (AvgIpc) is 2.03. The topological polar surface area (TPSA) is 72.7 Å². The fourth-order valence-corrected chi connectivity index (χ4v) is 0.729. The Morgan fingerprint density at radius 2 is 1.23 bits per heavy atom. The monoisotopic (exact) mass is 191 g/mol. The first-order valence-corrected chi connectivity index (χ1v) is 4.90. The van der Waals surface area contributed by atoms with Crippen LogP contribution in [0, 0.1) is 0 Å².